The Balaban J connectivity index is 0.000000117. The molecule has 0 unspecified atom stereocenters. The lowest BCUT2D eigenvalue weighted by Crippen LogP contribution is -2.04. The summed E-state index contributed by atoms with van der Waals surface area (Å²) in [6.45, 7) is 0.588. The van der Waals surface area contributed by atoms with Gasteiger partial charge in [-0.3, -0.25) is 0 Å². The van der Waals surface area contributed by atoms with E-state index in [1.165, 1.54) is 10.8 Å². The molecule has 94 valence electrons. The third-order valence-corrected chi connectivity index (χ3v) is 3.03. The van der Waals surface area contributed by atoms with E-state index < -0.39 is 0 Å². The minimum absolute atomic E-state index is 0.588. The van der Waals surface area contributed by atoms with Gasteiger partial charge in [-0.1, -0.05) is 48.5 Å². The molecule has 3 aromatic rings. The summed E-state index contributed by atoms with van der Waals surface area (Å²) < 4.78 is 5.20. The predicted molar refractivity (Wildman–Crippen MR) is 79.5 cm³/mol. The molecule has 0 atom stereocenters. The zero-order chi connectivity index (χ0) is 12.9. The van der Waals surface area contributed by atoms with Crippen LogP contribution in [0.1, 0.15) is 0 Å². The quantitative estimate of drug-likeness (QED) is 0.641. The summed E-state index contributed by atoms with van der Waals surface area (Å²) in [5, 5.41) is 5.69. The minimum atomic E-state index is 0.588. The van der Waals surface area contributed by atoms with Crippen molar-refractivity contribution in [3.05, 3.63) is 72.8 Å². The van der Waals surface area contributed by atoms with Gasteiger partial charge in [-0.15, -0.1) is 0 Å². The lowest BCUT2D eigenvalue weighted by molar-refractivity contribution is 0.351. The van der Waals surface area contributed by atoms with Crippen molar-refractivity contribution in [3.63, 3.8) is 0 Å². The molecule has 5 rings (SSSR count). The first-order valence-electron chi connectivity index (χ1n) is 6.32. The van der Waals surface area contributed by atoms with Crippen LogP contribution in [0.3, 0.4) is 0 Å². The first kappa shape index (κ1) is 11.6. The smallest absolute Gasteiger partial charge is 0.159 e. The van der Waals surface area contributed by atoms with E-state index in [9.17, 15) is 0 Å². The van der Waals surface area contributed by atoms with Gasteiger partial charge < -0.3 is 10.1 Å². The normalized spacial score (nSPS) is 11.8. The summed E-state index contributed by atoms with van der Waals surface area (Å²) in [7, 11) is 0. The summed E-state index contributed by atoms with van der Waals surface area (Å²) in [4.78, 5) is 0. The first-order chi connectivity index (χ1) is 9.42. The number of hydrogen-bond acceptors (Lipinski definition) is 2. The molecule has 2 heteroatoms. The van der Waals surface area contributed by atoms with Crippen molar-refractivity contribution < 1.29 is 4.74 Å². The fourth-order valence-electron chi connectivity index (χ4n) is 2.00. The van der Waals surface area contributed by atoms with E-state index in [4.69, 9.17) is 4.74 Å². The Morgan fingerprint density at radius 3 is 1.74 bits per heavy atom. The molecule has 2 nitrogen and oxygen atoms in total. The number of benzene rings is 3. The third kappa shape index (κ3) is 2.86. The topological polar surface area (TPSA) is 21.3 Å². The van der Waals surface area contributed by atoms with E-state index in [1.807, 2.05) is 24.3 Å². The standard InChI is InChI=1S/C10H8.C7H7NO/c1-2-6-10-8-4-3-7-9(10)5-1;1-3-7-4-2-6(1)8-5-9-7/h1-8H;1-4,8H,5H2. The van der Waals surface area contributed by atoms with Crippen LogP contribution in [0.15, 0.2) is 72.8 Å². The SMILES string of the molecule is c1cc2ccc1NCO2.c1ccc2ccccc2c1. The molecular weight excluding hydrogens is 234 g/mol. The van der Waals surface area contributed by atoms with E-state index >= 15 is 0 Å². The van der Waals surface area contributed by atoms with Crippen LogP contribution in [0.25, 0.3) is 10.8 Å². The van der Waals surface area contributed by atoms with E-state index in [1.54, 1.807) is 0 Å². The van der Waals surface area contributed by atoms with Crippen LogP contribution >= 0.6 is 0 Å². The molecule has 2 heterocycles. The molecule has 2 aliphatic heterocycles. The molecule has 3 aromatic carbocycles. The second-order valence-electron chi connectivity index (χ2n) is 4.34. The zero-order valence-electron chi connectivity index (χ0n) is 10.5. The molecule has 19 heavy (non-hydrogen) atoms. The Hall–Kier alpha value is -2.48. The van der Waals surface area contributed by atoms with E-state index in [2.05, 4.69) is 53.8 Å². The van der Waals surface area contributed by atoms with Crippen LogP contribution in [-0.2, 0) is 0 Å². The van der Waals surface area contributed by atoms with Crippen LogP contribution in [0.2, 0.25) is 0 Å². The molecule has 0 aromatic heterocycles. The van der Waals surface area contributed by atoms with Gasteiger partial charge in [0.15, 0.2) is 6.73 Å². The monoisotopic (exact) mass is 249 g/mol. The van der Waals surface area contributed by atoms with Crippen molar-refractivity contribution in [2.45, 2.75) is 0 Å². The number of nitrogens with one attached hydrogen (secondary N) is 1. The summed E-state index contributed by atoms with van der Waals surface area (Å²) in [6.07, 6.45) is 0. The van der Waals surface area contributed by atoms with Gasteiger partial charge in [0, 0.05) is 5.69 Å². The highest BCUT2D eigenvalue weighted by molar-refractivity contribution is 5.81. The fourth-order valence-corrected chi connectivity index (χ4v) is 2.00. The van der Waals surface area contributed by atoms with Gasteiger partial charge in [0.25, 0.3) is 0 Å². The molecule has 0 radical (unpaired) electrons. The van der Waals surface area contributed by atoms with Gasteiger partial charge in [-0.25, -0.2) is 0 Å². The maximum atomic E-state index is 5.20. The Morgan fingerprint density at radius 1 is 0.684 bits per heavy atom. The second kappa shape index (κ2) is 5.44. The van der Waals surface area contributed by atoms with Crippen LogP contribution in [0, 0.1) is 0 Å². The number of fused-ring (bicyclic) bond motifs is 5. The highest BCUT2D eigenvalue weighted by Crippen LogP contribution is 2.18. The van der Waals surface area contributed by atoms with Gasteiger partial charge in [0.05, 0.1) is 0 Å². The zero-order valence-corrected chi connectivity index (χ0v) is 10.5. The Bertz CT molecular complexity index is 573. The number of ether oxygens (including phenoxy) is 1. The lowest BCUT2D eigenvalue weighted by atomic mass is 10.1. The third-order valence-electron chi connectivity index (χ3n) is 3.03. The molecule has 2 aliphatic rings. The molecule has 0 saturated heterocycles. The molecule has 0 amide bonds. The van der Waals surface area contributed by atoms with Gasteiger partial charge in [-0.05, 0) is 35.0 Å². The largest absolute Gasteiger partial charge is 0.473 e. The number of anilines is 1. The van der Waals surface area contributed by atoms with Crippen molar-refractivity contribution in [1.82, 2.24) is 0 Å². The van der Waals surface area contributed by atoms with Gasteiger partial charge in [0.2, 0.25) is 0 Å². The van der Waals surface area contributed by atoms with Gasteiger partial charge in [-0.2, -0.15) is 0 Å². The van der Waals surface area contributed by atoms with Crippen LogP contribution in [0.5, 0.6) is 5.75 Å². The van der Waals surface area contributed by atoms with Crippen molar-refractivity contribution in [1.29, 1.82) is 0 Å². The van der Waals surface area contributed by atoms with Crippen LogP contribution in [0.4, 0.5) is 5.69 Å². The number of rotatable bonds is 0. The highest BCUT2D eigenvalue weighted by atomic mass is 16.5. The van der Waals surface area contributed by atoms with Gasteiger partial charge >= 0.3 is 0 Å². The first-order valence-corrected chi connectivity index (χ1v) is 6.32. The van der Waals surface area contributed by atoms with Crippen molar-refractivity contribution >= 4 is 16.5 Å². The van der Waals surface area contributed by atoms with Crippen molar-refractivity contribution in [3.8, 4) is 5.75 Å². The number of hydrogen-bond donors (Lipinski definition) is 1. The van der Waals surface area contributed by atoms with Gasteiger partial charge in [0.1, 0.15) is 5.75 Å². The fraction of sp³-hybridized carbons (Fsp3) is 0.0588. The summed E-state index contributed by atoms with van der Waals surface area (Å²) >= 11 is 0. The Kier molecular flexibility index (Phi) is 3.32. The molecule has 0 aliphatic carbocycles. The van der Waals surface area contributed by atoms with Crippen molar-refractivity contribution in [2.75, 3.05) is 12.0 Å². The molecule has 2 bridgehead atoms. The maximum Gasteiger partial charge on any atom is 0.159 e. The minimum Gasteiger partial charge on any atom is -0.473 e. The average Bonchev–Trinajstić information content (AvgIpc) is 2.85. The molecular formula is C17H15NO. The molecule has 0 spiro atoms. The molecule has 0 saturated carbocycles. The summed E-state index contributed by atoms with van der Waals surface area (Å²) in [5.74, 6) is 0.934. The van der Waals surface area contributed by atoms with E-state index in [0.29, 0.717) is 6.73 Å². The lowest BCUT2D eigenvalue weighted by Gasteiger charge is -1.98. The van der Waals surface area contributed by atoms with E-state index in [0.717, 1.165) is 11.4 Å². The molecule has 1 N–H and O–H groups in total. The van der Waals surface area contributed by atoms with Crippen LogP contribution in [-0.4, -0.2) is 6.73 Å². The Morgan fingerprint density at radius 2 is 1.21 bits per heavy atom. The van der Waals surface area contributed by atoms with Crippen molar-refractivity contribution in [2.24, 2.45) is 0 Å². The Labute approximate surface area is 112 Å². The average molecular weight is 249 g/mol. The van der Waals surface area contributed by atoms with E-state index in [-0.39, 0.29) is 0 Å². The summed E-state index contributed by atoms with van der Waals surface area (Å²) in [5.41, 5.74) is 1.12. The van der Waals surface area contributed by atoms with Crippen LogP contribution < -0.4 is 10.1 Å². The molecule has 0 fully saturated rings. The predicted octanol–water partition coefficient (Wildman–Crippen LogP) is 4.29. The highest BCUT2D eigenvalue weighted by Gasteiger charge is 1.98. The second-order valence-corrected chi connectivity index (χ2v) is 4.34. The maximum absolute atomic E-state index is 5.20. The summed E-state index contributed by atoms with van der Waals surface area (Å²) in [6, 6.07) is 24.6.